The van der Waals surface area contributed by atoms with Crippen molar-refractivity contribution in [2.24, 2.45) is 0 Å². The first-order chi connectivity index (χ1) is 16.4. The summed E-state index contributed by atoms with van der Waals surface area (Å²) in [6.07, 6.45) is 1.53. The van der Waals surface area contributed by atoms with Gasteiger partial charge in [0.25, 0.3) is 11.7 Å². The van der Waals surface area contributed by atoms with Gasteiger partial charge in [-0.3, -0.25) is 9.59 Å². The Bertz CT molecular complexity index is 1330. The summed E-state index contributed by atoms with van der Waals surface area (Å²) in [5, 5.41) is 3.31. The van der Waals surface area contributed by atoms with Gasteiger partial charge in [0.05, 0.1) is 22.7 Å². The molecule has 8 heteroatoms. The van der Waals surface area contributed by atoms with Crippen molar-refractivity contribution in [3.8, 4) is 0 Å². The van der Waals surface area contributed by atoms with E-state index in [-0.39, 0.29) is 23.0 Å². The lowest BCUT2D eigenvalue weighted by molar-refractivity contribution is -0.114. The SMILES string of the molecule is O=C1C(=O)N(Cc2ccccc2)c2ccc(S(=O)(=O)N3CCCC3CNc3ccccc3)cc21. The molecule has 0 spiro atoms. The van der Waals surface area contributed by atoms with E-state index in [1.54, 1.807) is 6.07 Å². The van der Waals surface area contributed by atoms with E-state index in [4.69, 9.17) is 0 Å². The maximum atomic E-state index is 13.5. The number of carbonyl (C=O) groups excluding carboxylic acids is 2. The maximum Gasteiger partial charge on any atom is 0.299 e. The van der Waals surface area contributed by atoms with Crippen molar-refractivity contribution in [1.82, 2.24) is 4.31 Å². The van der Waals surface area contributed by atoms with Crippen LogP contribution in [0.4, 0.5) is 11.4 Å². The average molecular weight is 476 g/mol. The molecule has 34 heavy (non-hydrogen) atoms. The van der Waals surface area contributed by atoms with Gasteiger partial charge < -0.3 is 10.2 Å². The number of fused-ring (bicyclic) bond motifs is 1. The summed E-state index contributed by atoms with van der Waals surface area (Å²) in [4.78, 5) is 26.8. The van der Waals surface area contributed by atoms with Crippen LogP contribution in [0.25, 0.3) is 0 Å². The van der Waals surface area contributed by atoms with E-state index in [1.807, 2.05) is 60.7 Å². The second kappa shape index (κ2) is 9.04. The molecule has 0 radical (unpaired) electrons. The number of amides is 1. The number of hydrogen-bond acceptors (Lipinski definition) is 5. The summed E-state index contributed by atoms with van der Waals surface area (Å²) < 4.78 is 28.5. The van der Waals surface area contributed by atoms with Gasteiger partial charge in [-0.2, -0.15) is 4.31 Å². The second-order valence-electron chi connectivity index (χ2n) is 8.54. The van der Waals surface area contributed by atoms with Gasteiger partial charge in [-0.25, -0.2) is 8.42 Å². The number of Topliss-reactive ketones (excluding diaryl/α,β-unsaturated/α-hetero) is 1. The van der Waals surface area contributed by atoms with Crippen molar-refractivity contribution in [2.45, 2.75) is 30.3 Å². The van der Waals surface area contributed by atoms with E-state index in [9.17, 15) is 18.0 Å². The minimum atomic E-state index is -3.82. The molecule has 0 bridgehead atoms. The van der Waals surface area contributed by atoms with E-state index >= 15 is 0 Å². The van der Waals surface area contributed by atoms with E-state index in [0.717, 1.165) is 24.1 Å². The number of nitrogens with zero attached hydrogens (tertiary/aromatic N) is 2. The van der Waals surface area contributed by atoms with Gasteiger partial charge >= 0.3 is 0 Å². The molecule has 0 saturated carbocycles. The Kier molecular flexibility index (Phi) is 5.93. The number of para-hydroxylation sites is 1. The van der Waals surface area contributed by atoms with E-state index in [0.29, 0.717) is 18.8 Å². The maximum absolute atomic E-state index is 13.5. The highest BCUT2D eigenvalue weighted by atomic mass is 32.2. The van der Waals surface area contributed by atoms with Crippen molar-refractivity contribution < 1.29 is 18.0 Å². The quantitative estimate of drug-likeness (QED) is 0.527. The van der Waals surface area contributed by atoms with Gasteiger partial charge in [-0.1, -0.05) is 48.5 Å². The first-order valence-corrected chi connectivity index (χ1v) is 12.7. The highest BCUT2D eigenvalue weighted by Gasteiger charge is 2.39. The Hall–Kier alpha value is -3.49. The molecule has 7 nitrogen and oxygen atoms in total. The monoisotopic (exact) mass is 475 g/mol. The molecule has 1 amide bonds. The molecular weight excluding hydrogens is 450 g/mol. The van der Waals surface area contributed by atoms with Crippen molar-refractivity contribution >= 4 is 33.1 Å². The normalized spacial score (nSPS) is 18.4. The Morgan fingerprint density at radius 3 is 2.35 bits per heavy atom. The van der Waals surface area contributed by atoms with Crippen LogP contribution in [0.1, 0.15) is 28.8 Å². The number of carbonyl (C=O) groups is 2. The molecule has 1 saturated heterocycles. The number of ketones is 1. The number of hydrogen-bond donors (Lipinski definition) is 1. The predicted octanol–water partition coefficient (Wildman–Crippen LogP) is 3.68. The van der Waals surface area contributed by atoms with Crippen LogP contribution < -0.4 is 10.2 Å². The average Bonchev–Trinajstić information content (AvgIpc) is 3.44. The van der Waals surface area contributed by atoms with Crippen molar-refractivity contribution in [3.63, 3.8) is 0 Å². The van der Waals surface area contributed by atoms with Gasteiger partial charge in [0.2, 0.25) is 10.0 Å². The van der Waals surface area contributed by atoms with Gasteiger partial charge in [-0.05, 0) is 48.7 Å². The van der Waals surface area contributed by atoms with Crippen molar-refractivity contribution in [3.05, 3.63) is 90.0 Å². The Morgan fingerprint density at radius 2 is 1.62 bits per heavy atom. The molecule has 2 aliphatic heterocycles. The Morgan fingerprint density at radius 1 is 0.912 bits per heavy atom. The summed E-state index contributed by atoms with van der Waals surface area (Å²) in [6, 6.07) is 23.3. The summed E-state index contributed by atoms with van der Waals surface area (Å²) in [5.74, 6) is -1.31. The molecule has 3 aromatic rings. The second-order valence-corrected chi connectivity index (χ2v) is 10.4. The summed E-state index contributed by atoms with van der Waals surface area (Å²) in [7, 11) is -3.82. The molecule has 2 heterocycles. The first-order valence-electron chi connectivity index (χ1n) is 11.3. The highest BCUT2D eigenvalue weighted by Crippen LogP contribution is 2.34. The van der Waals surface area contributed by atoms with Crippen LogP contribution in [0.3, 0.4) is 0 Å². The van der Waals surface area contributed by atoms with Crippen molar-refractivity contribution in [1.29, 1.82) is 0 Å². The summed E-state index contributed by atoms with van der Waals surface area (Å²) in [5.41, 5.74) is 2.41. The smallest absolute Gasteiger partial charge is 0.299 e. The molecule has 5 rings (SSSR count). The standard InChI is InChI=1S/C26H25N3O4S/c30-25-23-16-22(13-14-24(23)28(26(25)31)18-19-8-3-1-4-9-19)34(32,33)29-15-7-12-21(29)17-27-20-10-5-2-6-11-20/h1-6,8-11,13-14,16,21,27H,7,12,15,17-18H2. The molecular formula is C26H25N3O4S. The molecule has 174 valence electrons. The largest absolute Gasteiger partial charge is 0.383 e. The number of benzene rings is 3. The molecule has 1 N–H and O–H groups in total. The number of anilines is 2. The highest BCUT2D eigenvalue weighted by molar-refractivity contribution is 7.89. The van der Waals surface area contributed by atoms with Crippen LogP contribution >= 0.6 is 0 Å². The third kappa shape index (κ3) is 4.10. The van der Waals surface area contributed by atoms with Crippen LogP contribution in [0.2, 0.25) is 0 Å². The fraction of sp³-hybridized carbons (Fsp3) is 0.231. The molecule has 1 unspecified atom stereocenters. The first kappa shape index (κ1) is 22.3. The van der Waals surface area contributed by atoms with Crippen LogP contribution in [-0.4, -0.2) is 43.5 Å². The van der Waals surface area contributed by atoms with Gasteiger partial charge in [0, 0.05) is 24.8 Å². The van der Waals surface area contributed by atoms with Crippen LogP contribution in [0.5, 0.6) is 0 Å². The number of rotatable bonds is 7. The molecule has 0 aromatic heterocycles. The lowest BCUT2D eigenvalue weighted by Gasteiger charge is -2.25. The fourth-order valence-electron chi connectivity index (χ4n) is 4.62. The zero-order chi connectivity index (χ0) is 23.7. The van der Waals surface area contributed by atoms with Crippen LogP contribution in [0.15, 0.2) is 83.8 Å². The Balaban J connectivity index is 1.38. The number of sulfonamides is 1. The minimum absolute atomic E-state index is 0.0422. The van der Waals surface area contributed by atoms with Crippen LogP contribution in [0, 0.1) is 0 Å². The topological polar surface area (TPSA) is 86.8 Å². The Labute approximate surface area is 199 Å². The predicted molar refractivity (Wildman–Crippen MR) is 130 cm³/mol. The summed E-state index contributed by atoms with van der Waals surface area (Å²) >= 11 is 0. The fourth-order valence-corrected chi connectivity index (χ4v) is 6.34. The zero-order valence-electron chi connectivity index (χ0n) is 18.6. The molecule has 1 fully saturated rings. The van der Waals surface area contributed by atoms with Crippen molar-refractivity contribution in [2.75, 3.05) is 23.3 Å². The van der Waals surface area contributed by atoms with Gasteiger partial charge in [0.15, 0.2) is 0 Å². The molecule has 1 atom stereocenters. The molecule has 0 aliphatic carbocycles. The van der Waals surface area contributed by atoms with Gasteiger partial charge in [0.1, 0.15) is 0 Å². The van der Waals surface area contributed by atoms with Crippen LogP contribution in [-0.2, 0) is 21.4 Å². The molecule has 2 aliphatic rings. The van der Waals surface area contributed by atoms with E-state index < -0.39 is 21.7 Å². The number of nitrogens with one attached hydrogen (secondary N) is 1. The van der Waals surface area contributed by atoms with Gasteiger partial charge in [-0.15, -0.1) is 0 Å². The van der Waals surface area contributed by atoms with E-state index in [2.05, 4.69) is 5.32 Å². The molecule has 3 aromatic carbocycles. The lowest BCUT2D eigenvalue weighted by atomic mass is 10.1. The lowest BCUT2D eigenvalue weighted by Crippen LogP contribution is -2.39. The van der Waals surface area contributed by atoms with E-state index in [1.165, 1.54) is 21.3 Å². The third-order valence-corrected chi connectivity index (χ3v) is 8.32. The zero-order valence-corrected chi connectivity index (χ0v) is 19.4. The minimum Gasteiger partial charge on any atom is -0.383 e. The summed E-state index contributed by atoms with van der Waals surface area (Å²) in [6.45, 7) is 1.17. The third-order valence-electron chi connectivity index (χ3n) is 6.37.